The van der Waals surface area contributed by atoms with Gasteiger partial charge in [-0.05, 0) is 38.8 Å². The number of Topliss-reactive ketones (excluding diaryl/α,β-unsaturated/α-hetero) is 1. The normalized spacial score (nSPS) is 19.1. The lowest BCUT2D eigenvalue weighted by atomic mass is 10.1. The minimum Gasteiger partial charge on any atom is -0.476 e. The molecule has 0 radical (unpaired) electrons. The van der Waals surface area contributed by atoms with Crippen molar-refractivity contribution in [2.24, 2.45) is 0 Å². The maximum absolute atomic E-state index is 12.2. The van der Waals surface area contributed by atoms with Gasteiger partial charge in [0.25, 0.3) is 0 Å². The molecule has 1 fully saturated rings. The molecule has 0 unspecified atom stereocenters. The molecule has 1 aliphatic carbocycles. The second-order valence-corrected chi connectivity index (χ2v) is 4.75. The summed E-state index contributed by atoms with van der Waals surface area (Å²) in [6.07, 6.45) is 1.75. The molecule has 3 rings (SSSR count). The predicted octanol–water partition coefficient (Wildman–Crippen LogP) is 2.64. The number of rotatable bonds is 3. The molecule has 0 amide bonds. The van der Waals surface area contributed by atoms with E-state index in [2.05, 4.69) is 18.7 Å². The monoisotopic (exact) mass is 231 g/mol. The molecule has 0 aromatic heterocycles. The number of ketones is 1. The van der Waals surface area contributed by atoms with Crippen LogP contribution in [0.3, 0.4) is 0 Å². The zero-order valence-corrected chi connectivity index (χ0v) is 10.3. The summed E-state index contributed by atoms with van der Waals surface area (Å²) < 4.78 is 5.94. The molecule has 1 aliphatic heterocycles. The minimum absolute atomic E-state index is 0.182. The zero-order valence-electron chi connectivity index (χ0n) is 10.3. The van der Waals surface area contributed by atoms with Gasteiger partial charge in [0.1, 0.15) is 0 Å². The Labute approximate surface area is 101 Å². The van der Waals surface area contributed by atoms with Crippen LogP contribution in [-0.2, 0) is 0 Å². The molecule has 0 N–H and O–H groups in total. The van der Waals surface area contributed by atoms with E-state index < -0.39 is 5.60 Å². The fourth-order valence-corrected chi connectivity index (χ4v) is 2.55. The molecule has 0 saturated heterocycles. The number of anilines is 1. The van der Waals surface area contributed by atoms with Gasteiger partial charge in [-0.3, -0.25) is 4.79 Å². The van der Waals surface area contributed by atoms with Crippen molar-refractivity contribution in [3.63, 3.8) is 0 Å². The number of carbonyl (C=O) groups is 1. The van der Waals surface area contributed by atoms with Gasteiger partial charge in [0.05, 0.1) is 11.3 Å². The predicted molar refractivity (Wildman–Crippen MR) is 66.9 cm³/mol. The van der Waals surface area contributed by atoms with Crippen LogP contribution >= 0.6 is 0 Å². The molecule has 17 heavy (non-hydrogen) atoms. The third-order valence-corrected chi connectivity index (χ3v) is 3.76. The van der Waals surface area contributed by atoms with Crippen LogP contribution < -0.4 is 9.64 Å². The van der Waals surface area contributed by atoms with Crippen LogP contribution in [0.15, 0.2) is 18.2 Å². The van der Waals surface area contributed by atoms with Gasteiger partial charge in [0, 0.05) is 13.1 Å². The average Bonchev–Trinajstić information content (AvgIpc) is 3.06. The number of hydrogen-bond acceptors (Lipinski definition) is 3. The second kappa shape index (κ2) is 3.49. The summed E-state index contributed by atoms with van der Waals surface area (Å²) in [6, 6.07) is 5.88. The molecule has 1 saturated carbocycles. The fourth-order valence-electron chi connectivity index (χ4n) is 2.55. The Morgan fingerprint density at radius 1 is 1.29 bits per heavy atom. The Bertz CT molecular complexity index is 473. The van der Waals surface area contributed by atoms with Crippen LogP contribution in [0.1, 0.15) is 37.0 Å². The van der Waals surface area contributed by atoms with E-state index in [1.165, 1.54) is 0 Å². The number of carbonyl (C=O) groups excluding carboxylic acids is 1. The molecule has 1 aromatic rings. The van der Waals surface area contributed by atoms with Crippen molar-refractivity contribution in [2.45, 2.75) is 32.3 Å². The van der Waals surface area contributed by atoms with Crippen molar-refractivity contribution in [3.8, 4) is 5.75 Å². The van der Waals surface area contributed by atoms with Crippen molar-refractivity contribution >= 4 is 11.5 Å². The summed E-state index contributed by atoms with van der Waals surface area (Å²) in [6.45, 7) is 6.09. The summed E-state index contributed by atoms with van der Waals surface area (Å²) >= 11 is 0. The molecule has 1 spiro atoms. The van der Waals surface area contributed by atoms with Gasteiger partial charge in [0.15, 0.2) is 11.4 Å². The Morgan fingerprint density at radius 3 is 2.59 bits per heavy atom. The van der Waals surface area contributed by atoms with E-state index >= 15 is 0 Å². The van der Waals surface area contributed by atoms with Gasteiger partial charge in [-0.15, -0.1) is 0 Å². The number of hydrogen-bond donors (Lipinski definition) is 0. The number of nitrogens with zero attached hydrogens (tertiary/aromatic N) is 1. The van der Waals surface area contributed by atoms with E-state index in [1.54, 1.807) is 0 Å². The van der Waals surface area contributed by atoms with E-state index in [4.69, 9.17) is 4.74 Å². The highest BCUT2D eigenvalue weighted by molar-refractivity contribution is 6.10. The molecule has 3 heteroatoms. The number of ether oxygens (including phenoxy) is 1. The SMILES string of the molecule is CCN(CC)c1cccc2c1OC1(CC1)C2=O. The van der Waals surface area contributed by atoms with E-state index in [-0.39, 0.29) is 5.78 Å². The average molecular weight is 231 g/mol. The lowest BCUT2D eigenvalue weighted by molar-refractivity contribution is 0.0821. The fraction of sp³-hybridized carbons (Fsp3) is 0.500. The lowest BCUT2D eigenvalue weighted by Gasteiger charge is -2.23. The first-order chi connectivity index (χ1) is 8.22. The van der Waals surface area contributed by atoms with E-state index in [9.17, 15) is 4.79 Å². The summed E-state index contributed by atoms with van der Waals surface area (Å²) in [5, 5.41) is 0. The molecular formula is C14H17NO2. The van der Waals surface area contributed by atoms with Gasteiger partial charge in [-0.1, -0.05) is 6.07 Å². The second-order valence-electron chi connectivity index (χ2n) is 4.75. The van der Waals surface area contributed by atoms with Crippen molar-refractivity contribution in [3.05, 3.63) is 23.8 Å². The Kier molecular flexibility index (Phi) is 2.18. The molecule has 1 aromatic carbocycles. The van der Waals surface area contributed by atoms with E-state index in [0.717, 1.165) is 42.9 Å². The van der Waals surface area contributed by atoms with Crippen molar-refractivity contribution in [1.29, 1.82) is 0 Å². The van der Waals surface area contributed by atoms with Crippen LogP contribution in [0.5, 0.6) is 5.75 Å². The smallest absolute Gasteiger partial charge is 0.210 e. The van der Waals surface area contributed by atoms with Crippen LogP contribution in [0.25, 0.3) is 0 Å². The highest BCUT2D eigenvalue weighted by atomic mass is 16.5. The summed E-state index contributed by atoms with van der Waals surface area (Å²) in [4.78, 5) is 14.4. The van der Waals surface area contributed by atoms with E-state index in [0.29, 0.717) is 0 Å². The first-order valence-corrected chi connectivity index (χ1v) is 6.33. The molecule has 3 nitrogen and oxygen atoms in total. The minimum atomic E-state index is -0.481. The molecule has 1 heterocycles. The first kappa shape index (κ1) is 10.6. The molecular weight excluding hydrogens is 214 g/mol. The molecule has 0 atom stereocenters. The third-order valence-electron chi connectivity index (χ3n) is 3.76. The van der Waals surface area contributed by atoms with Crippen LogP contribution in [0.2, 0.25) is 0 Å². The Hall–Kier alpha value is -1.51. The maximum atomic E-state index is 12.2. The van der Waals surface area contributed by atoms with Crippen LogP contribution in [0, 0.1) is 0 Å². The van der Waals surface area contributed by atoms with Crippen molar-refractivity contribution in [2.75, 3.05) is 18.0 Å². The number of para-hydroxylation sites is 1. The Morgan fingerprint density at radius 2 is 2.00 bits per heavy atom. The summed E-state index contributed by atoms with van der Waals surface area (Å²) in [5.74, 6) is 0.986. The largest absolute Gasteiger partial charge is 0.476 e. The van der Waals surface area contributed by atoms with Gasteiger partial charge in [-0.2, -0.15) is 0 Å². The summed E-state index contributed by atoms with van der Waals surface area (Å²) in [7, 11) is 0. The van der Waals surface area contributed by atoms with Gasteiger partial charge >= 0.3 is 0 Å². The highest BCUT2D eigenvalue weighted by Gasteiger charge is 2.58. The first-order valence-electron chi connectivity index (χ1n) is 6.33. The zero-order chi connectivity index (χ0) is 12.0. The van der Waals surface area contributed by atoms with Crippen LogP contribution in [0.4, 0.5) is 5.69 Å². The molecule has 0 bridgehead atoms. The van der Waals surface area contributed by atoms with Gasteiger partial charge < -0.3 is 9.64 Å². The maximum Gasteiger partial charge on any atom is 0.210 e. The van der Waals surface area contributed by atoms with Crippen LogP contribution in [-0.4, -0.2) is 24.5 Å². The molecule has 2 aliphatic rings. The number of benzene rings is 1. The quantitative estimate of drug-likeness (QED) is 0.801. The third kappa shape index (κ3) is 1.38. The van der Waals surface area contributed by atoms with Gasteiger partial charge in [-0.25, -0.2) is 0 Å². The van der Waals surface area contributed by atoms with Crippen molar-refractivity contribution in [1.82, 2.24) is 0 Å². The Balaban J connectivity index is 2.07. The highest BCUT2D eigenvalue weighted by Crippen LogP contribution is 2.52. The standard InChI is InChI=1S/C14H17NO2/c1-3-15(4-2)11-7-5-6-10-12(11)17-14(8-9-14)13(10)16/h5-7H,3-4,8-9H2,1-2H3. The summed E-state index contributed by atoms with van der Waals surface area (Å²) in [5.41, 5.74) is 1.35. The molecule has 90 valence electrons. The number of fused-ring (bicyclic) bond motifs is 1. The van der Waals surface area contributed by atoms with E-state index in [1.807, 2.05) is 18.2 Å². The topological polar surface area (TPSA) is 29.5 Å². The lowest BCUT2D eigenvalue weighted by Crippen LogP contribution is -2.23. The van der Waals surface area contributed by atoms with Crippen molar-refractivity contribution < 1.29 is 9.53 Å². The van der Waals surface area contributed by atoms with Gasteiger partial charge in [0.2, 0.25) is 5.78 Å².